The van der Waals surface area contributed by atoms with Gasteiger partial charge in [-0.1, -0.05) is 30.3 Å². The van der Waals surface area contributed by atoms with E-state index >= 15 is 0 Å². The Labute approximate surface area is 246 Å². The van der Waals surface area contributed by atoms with Crippen molar-refractivity contribution in [3.63, 3.8) is 0 Å². The Morgan fingerprint density at radius 1 is 0.889 bits per heavy atom. The van der Waals surface area contributed by atoms with Crippen LogP contribution in [0.15, 0.2) is 30.3 Å². The fraction of sp³-hybridized carbons (Fsp3) is 0.400. The molecule has 0 saturated heterocycles. The van der Waals surface area contributed by atoms with Gasteiger partial charge < -0.3 is 49.2 Å². The Balaban J connectivity index is -0.0000000387. The van der Waals surface area contributed by atoms with Crippen molar-refractivity contribution in [2.24, 2.45) is 0 Å². The molecule has 11 nitrogen and oxygen atoms in total. The molecule has 1 rings (SSSR count). The topological polar surface area (TPSA) is 228 Å². The largest absolute Gasteiger partial charge is 1.00 e. The molecule has 1 atom stereocenters. The molecule has 0 saturated carbocycles. The van der Waals surface area contributed by atoms with Crippen LogP contribution < -0.4 is 138 Å². The summed E-state index contributed by atoms with van der Waals surface area (Å²) >= 11 is 0. The summed E-state index contributed by atoms with van der Waals surface area (Å²) in [5.74, 6) is 0. The normalized spacial score (nSPS) is 9.85. The summed E-state index contributed by atoms with van der Waals surface area (Å²) in [4.78, 5) is 48.6. The molecular weight excluding hydrogens is 450 g/mol. The maximum atomic E-state index is 8.77. The molecule has 0 amide bonds. The Bertz CT molecular complexity index is 433. The Morgan fingerprint density at radius 2 is 1.11 bits per heavy atom. The molecule has 5 N–H and O–H groups in total. The van der Waals surface area contributed by atoms with Crippen molar-refractivity contribution in [3.8, 4) is 0 Å². The van der Waals surface area contributed by atoms with E-state index in [0.29, 0.717) is 0 Å². The van der Waals surface area contributed by atoms with Crippen LogP contribution in [-0.4, -0.2) is 37.8 Å². The number of rotatable bonds is 2. The van der Waals surface area contributed by atoms with Crippen LogP contribution in [0.1, 0.15) is 12.5 Å². The van der Waals surface area contributed by atoms with Crippen LogP contribution in [-0.2, 0) is 15.7 Å². The second kappa shape index (κ2) is 29.3. The van der Waals surface area contributed by atoms with E-state index in [-0.39, 0.29) is 131 Å². The van der Waals surface area contributed by atoms with Crippen molar-refractivity contribution >= 4 is 15.6 Å². The van der Waals surface area contributed by atoms with Gasteiger partial charge in [0, 0.05) is 0 Å². The van der Waals surface area contributed by atoms with Gasteiger partial charge in [0.15, 0.2) is 0 Å². The SMILES string of the molecule is CC(O)CO.O=P([O-])(O)O.O=P([O-])([O-])[O-].OCc1ccccc1.[Na+].[Na+].[Na+].[Na+]. The molecule has 0 heterocycles. The van der Waals surface area contributed by atoms with Gasteiger partial charge in [-0.2, -0.15) is 7.82 Å². The van der Waals surface area contributed by atoms with E-state index in [1.165, 1.54) is 6.92 Å². The third-order valence-corrected chi connectivity index (χ3v) is 1.29. The van der Waals surface area contributed by atoms with Crippen LogP contribution in [0, 0.1) is 0 Å². The predicted octanol–water partition coefficient (Wildman–Crippen LogP) is -15.8. The average molecular weight is 468 g/mol. The molecular formula is C10H18Na4O11P2. The van der Waals surface area contributed by atoms with Crippen LogP contribution in [0.5, 0.6) is 0 Å². The van der Waals surface area contributed by atoms with Gasteiger partial charge in [-0.25, -0.2) is 0 Å². The molecule has 0 spiro atoms. The third-order valence-electron chi connectivity index (χ3n) is 1.29. The van der Waals surface area contributed by atoms with Crippen molar-refractivity contribution in [2.75, 3.05) is 6.61 Å². The summed E-state index contributed by atoms with van der Waals surface area (Å²) in [7, 11) is -10.3. The fourth-order valence-corrected chi connectivity index (χ4v) is 0.583. The number of hydrogen-bond donors (Lipinski definition) is 5. The second-order valence-corrected chi connectivity index (χ2v) is 5.49. The Kier molecular flexibility index (Phi) is 52.0. The first-order chi connectivity index (χ1) is 10.2. The molecule has 0 radical (unpaired) electrons. The smallest absolute Gasteiger partial charge is 0.822 e. The second-order valence-electron chi connectivity index (χ2n) is 3.61. The first-order valence-electron chi connectivity index (χ1n) is 5.64. The van der Waals surface area contributed by atoms with E-state index in [0.717, 1.165) is 5.56 Å². The van der Waals surface area contributed by atoms with Gasteiger partial charge >= 0.3 is 118 Å². The summed E-state index contributed by atoms with van der Waals surface area (Å²) in [6, 6.07) is 9.52. The van der Waals surface area contributed by atoms with Gasteiger partial charge in [0.25, 0.3) is 7.82 Å². The van der Waals surface area contributed by atoms with Crippen LogP contribution in [0.25, 0.3) is 0 Å². The molecule has 138 valence electrons. The molecule has 0 aliphatic rings. The number of hydrogen-bond acceptors (Lipinski definition) is 9. The van der Waals surface area contributed by atoms with E-state index in [2.05, 4.69) is 0 Å². The molecule has 0 bridgehead atoms. The predicted molar refractivity (Wildman–Crippen MR) is 70.8 cm³/mol. The van der Waals surface area contributed by atoms with E-state index in [1.54, 1.807) is 0 Å². The van der Waals surface area contributed by atoms with Crippen LogP contribution in [0.2, 0.25) is 0 Å². The van der Waals surface area contributed by atoms with Gasteiger partial charge in [-0.3, -0.25) is 4.57 Å². The van der Waals surface area contributed by atoms with E-state index in [1.807, 2.05) is 30.3 Å². The van der Waals surface area contributed by atoms with Gasteiger partial charge in [0.2, 0.25) is 0 Å². The number of aliphatic hydroxyl groups excluding tert-OH is 3. The minimum Gasteiger partial charge on any atom is -0.822 e. The molecule has 0 aliphatic heterocycles. The minimum absolute atomic E-state index is 0. The van der Waals surface area contributed by atoms with Gasteiger partial charge in [-0.15, -0.1) is 0 Å². The minimum atomic E-state index is -5.39. The summed E-state index contributed by atoms with van der Waals surface area (Å²) in [6.07, 6.45) is -0.560. The van der Waals surface area contributed by atoms with Gasteiger partial charge in [0.05, 0.1) is 19.3 Å². The Morgan fingerprint density at radius 3 is 1.22 bits per heavy atom. The van der Waals surface area contributed by atoms with Crippen LogP contribution in [0.4, 0.5) is 0 Å². The van der Waals surface area contributed by atoms with Crippen molar-refractivity contribution in [3.05, 3.63) is 35.9 Å². The zero-order chi connectivity index (χ0) is 19.1. The molecule has 1 aromatic rings. The van der Waals surface area contributed by atoms with E-state index in [4.69, 9.17) is 53.8 Å². The summed E-state index contributed by atoms with van der Waals surface area (Å²) < 4.78 is 17.3. The number of aliphatic hydroxyl groups is 3. The molecule has 0 aromatic heterocycles. The van der Waals surface area contributed by atoms with Crippen molar-refractivity contribution in [1.82, 2.24) is 0 Å². The van der Waals surface area contributed by atoms with E-state index < -0.39 is 21.7 Å². The first-order valence-corrected chi connectivity index (χ1v) is 8.63. The van der Waals surface area contributed by atoms with Crippen molar-refractivity contribution in [2.45, 2.75) is 19.6 Å². The zero-order valence-electron chi connectivity index (χ0n) is 16.0. The number of phosphoric acid groups is 2. The van der Waals surface area contributed by atoms with Gasteiger partial charge in [0.1, 0.15) is 0 Å². The zero-order valence-corrected chi connectivity index (χ0v) is 25.7. The quantitative estimate of drug-likeness (QED) is 0.202. The average Bonchev–Trinajstić information content (AvgIpc) is 2.36. The van der Waals surface area contributed by atoms with Crippen LogP contribution in [0.3, 0.4) is 0 Å². The summed E-state index contributed by atoms with van der Waals surface area (Å²) in [5, 5.41) is 24.5. The monoisotopic (exact) mass is 468 g/mol. The van der Waals surface area contributed by atoms with Crippen molar-refractivity contribution in [1.29, 1.82) is 0 Å². The summed E-state index contributed by atoms with van der Waals surface area (Å²) in [5.41, 5.74) is 0.965. The van der Waals surface area contributed by atoms with Gasteiger partial charge in [-0.05, 0) is 12.5 Å². The maximum Gasteiger partial charge on any atom is 1.00 e. The van der Waals surface area contributed by atoms with E-state index in [9.17, 15) is 0 Å². The Hall–Kier alpha value is 3.32. The molecule has 1 unspecified atom stereocenters. The molecule has 0 fully saturated rings. The summed E-state index contributed by atoms with van der Waals surface area (Å²) in [6.45, 7) is 1.53. The molecule has 27 heavy (non-hydrogen) atoms. The van der Waals surface area contributed by atoms with Crippen LogP contribution >= 0.6 is 15.6 Å². The molecule has 0 aliphatic carbocycles. The van der Waals surface area contributed by atoms with Crippen molar-refractivity contribution < 1.29 is 172 Å². The first kappa shape index (κ1) is 47.9. The molecule has 17 heteroatoms. The fourth-order valence-electron chi connectivity index (χ4n) is 0.583. The standard InChI is InChI=1S/C7H8O.C3H8O2.4Na.2H3O4P/c8-6-7-4-2-1-3-5-7;1-3(5)2-4;;;;;2*1-5(2,3)4/h1-5,8H,6H2;3-5H,2H2,1H3;;;;;2*(H3,1,2,3,4)/q;;4*+1;;/p-4. The number of benzene rings is 1. The molecule has 1 aromatic carbocycles. The maximum absolute atomic E-state index is 8.77. The third kappa shape index (κ3) is 93.2.